The molecule has 0 fully saturated rings. The van der Waals surface area contributed by atoms with Crippen LogP contribution in [0.25, 0.3) is 0 Å². The van der Waals surface area contributed by atoms with Gasteiger partial charge in [0, 0.05) is 13.1 Å². The summed E-state index contributed by atoms with van der Waals surface area (Å²) < 4.78 is 0. The molecule has 0 radical (unpaired) electrons. The lowest BCUT2D eigenvalue weighted by atomic mass is 9.98. The van der Waals surface area contributed by atoms with Gasteiger partial charge >= 0.3 is 0 Å². The lowest BCUT2D eigenvalue weighted by Gasteiger charge is -2.42. The van der Waals surface area contributed by atoms with Crippen LogP contribution in [0.2, 0.25) is 0 Å². The molecule has 20 heteroatoms. The number of allylic oxidation sites excluding steroid dienone is 1. The van der Waals surface area contributed by atoms with Crippen LogP contribution in [-0.4, -0.2) is 216 Å². The van der Waals surface area contributed by atoms with Crippen molar-refractivity contribution in [3.05, 3.63) is 38.0 Å². The van der Waals surface area contributed by atoms with Gasteiger partial charge in [-0.15, -0.1) is 0 Å². The zero-order chi connectivity index (χ0) is 40.2. The van der Waals surface area contributed by atoms with Gasteiger partial charge in [0.15, 0.2) is 0 Å². The number of carbonyl (C=O) groups excluding carboxylic acids is 3. The number of halogens is 1. The Hall–Kier alpha value is -2.44. The molecule has 14 N–H and O–H groups in total. The molecule has 0 aliphatic carbocycles. The van der Waals surface area contributed by atoms with Crippen LogP contribution in [0.4, 0.5) is 0 Å². The van der Waals surface area contributed by atoms with Crippen molar-refractivity contribution in [2.45, 2.75) is 35.0 Å². The summed E-state index contributed by atoms with van der Waals surface area (Å²) in [6.07, 6.45) is 3.61. The van der Waals surface area contributed by atoms with E-state index in [0.717, 1.165) is 28.0 Å². The van der Waals surface area contributed by atoms with E-state index in [9.17, 15) is 45.0 Å². The molecule has 0 saturated carbocycles. The molecule has 2 amide bonds. The first-order valence-corrected chi connectivity index (χ1v) is 16.0. The van der Waals surface area contributed by atoms with Gasteiger partial charge in [-0.3, -0.25) is 14.4 Å². The Bertz CT molecular complexity index is 893. The van der Waals surface area contributed by atoms with Crippen molar-refractivity contribution in [2.24, 2.45) is 0 Å². The van der Waals surface area contributed by atoms with Gasteiger partial charge in [0.25, 0.3) is 0 Å². The highest BCUT2D eigenvalue weighted by atomic mass is 35.5. The van der Waals surface area contributed by atoms with Gasteiger partial charge in [0.2, 0.25) is 17.1 Å². The number of hydrogen-bond donors (Lipinski definition) is 14. The maximum atomic E-state index is 12.1. The van der Waals surface area contributed by atoms with Gasteiger partial charge in [-0.1, -0.05) is 19.7 Å². The molecule has 0 aliphatic rings. The van der Waals surface area contributed by atoms with E-state index in [0.29, 0.717) is 19.5 Å². The number of rotatable bonds is 27. The van der Waals surface area contributed by atoms with Crippen LogP contribution in [0.1, 0.15) is 12.8 Å². The maximum Gasteiger partial charge on any atom is 0.246 e. The Kier molecular flexibility index (Phi) is 30.2. The third-order valence-electron chi connectivity index (χ3n) is 7.89. The second-order valence-corrected chi connectivity index (χ2v) is 11.7. The van der Waals surface area contributed by atoms with E-state index in [1.165, 1.54) is 0 Å². The van der Waals surface area contributed by atoms with Crippen molar-refractivity contribution in [1.82, 2.24) is 20.4 Å². The molecule has 19 nitrogen and oxygen atoms in total. The summed E-state index contributed by atoms with van der Waals surface area (Å²) in [6.45, 7) is 3.85. The standard InChI is InChI=1S/C17H30N2O8.C11H26N2O6.C3H3ClO/c1-3-14(26)18(16(8-20,9-21)10-22)6-5-7-19(15(27)4-2)17(11-23,12-24)13-25;14-4-10(5-15,6-16)12-2-1-3-13-11(7-17,8-18)9-19;1-2-3(4)5/h3-4,20-25H,1-2,5-13H2;12-19H,1-9H2;2H,1H2. The largest absolute Gasteiger partial charge is 0.394 e. The fraction of sp³-hybridized carbons (Fsp3) is 0.710. The number of nitrogens with one attached hydrogen (secondary N) is 2. The molecule has 0 rings (SSSR count). The molecular weight excluding hydrogens is 704 g/mol. The minimum absolute atomic E-state index is 0.0860. The molecule has 0 heterocycles. The van der Waals surface area contributed by atoms with E-state index < -0.39 is 78.9 Å². The van der Waals surface area contributed by atoms with Crippen molar-refractivity contribution < 1.29 is 75.7 Å². The number of amides is 2. The molecule has 0 bridgehead atoms. The Morgan fingerprint density at radius 1 is 0.490 bits per heavy atom. The zero-order valence-electron chi connectivity index (χ0n) is 28.9. The first-order valence-electron chi connectivity index (χ1n) is 15.7. The molecule has 0 aliphatic heterocycles. The van der Waals surface area contributed by atoms with Crippen molar-refractivity contribution in [1.29, 1.82) is 0 Å². The Morgan fingerprint density at radius 2 is 0.745 bits per heavy atom. The zero-order valence-corrected chi connectivity index (χ0v) is 29.7. The van der Waals surface area contributed by atoms with Crippen molar-refractivity contribution in [2.75, 3.05) is 105 Å². The summed E-state index contributed by atoms with van der Waals surface area (Å²) >= 11 is 4.71. The number of aliphatic hydroxyl groups is 12. The Morgan fingerprint density at radius 3 is 0.922 bits per heavy atom. The smallest absolute Gasteiger partial charge is 0.246 e. The molecule has 0 aromatic rings. The van der Waals surface area contributed by atoms with Gasteiger partial charge in [-0.25, -0.2) is 0 Å². The van der Waals surface area contributed by atoms with E-state index in [1.807, 2.05) is 0 Å². The number of nitrogens with zero attached hydrogens (tertiary/aromatic N) is 2. The average Bonchev–Trinajstić information content (AvgIpc) is 3.18. The summed E-state index contributed by atoms with van der Waals surface area (Å²) in [5.41, 5.74) is -5.47. The molecule has 0 aromatic carbocycles. The maximum absolute atomic E-state index is 12.1. The van der Waals surface area contributed by atoms with Gasteiger partial charge in [0.05, 0.1) is 90.4 Å². The predicted molar refractivity (Wildman–Crippen MR) is 186 cm³/mol. The van der Waals surface area contributed by atoms with E-state index >= 15 is 0 Å². The van der Waals surface area contributed by atoms with E-state index in [2.05, 4.69) is 30.4 Å². The Balaban J connectivity index is -0.000000832. The van der Waals surface area contributed by atoms with E-state index in [-0.39, 0.29) is 59.2 Å². The summed E-state index contributed by atoms with van der Waals surface area (Å²) in [4.78, 5) is 35.8. The number of hydrogen-bond acceptors (Lipinski definition) is 17. The molecule has 0 aromatic heterocycles. The Labute approximate surface area is 303 Å². The van der Waals surface area contributed by atoms with Crippen LogP contribution < -0.4 is 10.6 Å². The van der Waals surface area contributed by atoms with Gasteiger partial charge in [-0.2, -0.15) is 0 Å². The first-order chi connectivity index (χ1) is 24.2. The summed E-state index contributed by atoms with van der Waals surface area (Å²) in [5.74, 6) is -1.29. The lowest BCUT2D eigenvalue weighted by Crippen LogP contribution is -2.61. The third kappa shape index (κ3) is 17.3. The highest BCUT2D eigenvalue weighted by molar-refractivity contribution is 6.66. The molecule has 51 heavy (non-hydrogen) atoms. The SMILES string of the molecule is C=CC(=O)Cl.C=CC(=O)N(CCCN(C(=O)C=C)C(CO)(CO)CO)C(CO)(CO)CO.OCC(CO)(CO)NCCCNC(CO)(CO)CO. The molecule has 0 atom stereocenters. The highest BCUT2D eigenvalue weighted by Gasteiger charge is 2.40. The summed E-state index contributed by atoms with van der Waals surface area (Å²) in [6, 6.07) is 0. The van der Waals surface area contributed by atoms with Crippen LogP contribution in [0.3, 0.4) is 0 Å². The molecular formula is C31H59ClN4O15. The molecule has 0 spiro atoms. The summed E-state index contributed by atoms with van der Waals surface area (Å²) in [7, 11) is 0. The van der Waals surface area contributed by atoms with Crippen LogP contribution >= 0.6 is 11.6 Å². The second-order valence-electron chi connectivity index (χ2n) is 11.4. The van der Waals surface area contributed by atoms with Crippen molar-refractivity contribution in [3.8, 4) is 0 Å². The van der Waals surface area contributed by atoms with Crippen LogP contribution in [0.5, 0.6) is 0 Å². The van der Waals surface area contributed by atoms with E-state index in [4.69, 9.17) is 42.2 Å². The molecule has 0 unspecified atom stereocenters. The summed E-state index contributed by atoms with van der Waals surface area (Å²) in [5, 5.41) is 117. The van der Waals surface area contributed by atoms with Gasteiger partial charge < -0.3 is 81.7 Å². The van der Waals surface area contributed by atoms with Crippen molar-refractivity contribution in [3.63, 3.8) is 0 Å². The third-order valence-corrected chi connectivity index (χ3v) is 8.04. The second kappa shape index (κ2) is 29.1. The quantitative estimate of drug-likeness (QED) is 0.0210. The van der Waals surface area contributed by atoms with Crippen LogP contribution in [0.15, 0.2) is 38.0 Å². The topological polar surface area (TPSA) is 325 Å². The fourth-order valence-corrected chi connectivity index (χ4v) is 4.01. The number of carbonyl (C=O) groups is 3. The van der Waals surface area contributed by atoms with Gasteiger partial charge in [0.1, 0.15) is 11.1 Å². The normalized spacial score (nSPS) is 11.7. The van der Waals surface area contributed by atoms with E-state index in [1.54, 1.807) is 0 Å². The number of aliphatic hydroxyl groups excluding tert-OH is 12. The molecule has 300 valence electrons. The van der Waals surface area contributed by atoms with Crippen LogP contribution in [0, 0.1) is 0 Å². The average molecular weight is 763 g/mol. The van der Waals surface area contributed by atoms with Crippen molar-refractivity contribution >= 4 is 28.7 Å². The highest BCUT2D eigenvalue weighted by Crippen LogP contribution is 2.19. The lowest BCUT2D eigenvalue weighted by molar-refractivity contribution is -0.143. The predicted octanol–water partition coefficient (Wildman–Crippen LogP) is -6.24. The molecule has 0 saturated heterocycles. The van der Waals surface area contributed by atoms with Gasteiger partial charge in [-0.05, 0) is 55.8 Å². The minimum Gasteiger partial charge on any atom is -0.394 e. The monoisotopic (exact) mass is 762 g/mol. The fourth-order valence-electron chi connectivity index (χ4n) is 4.01. The first kappa shape index (κ1) is 52.9. The minimum atomic E-state index is -1.62. The van der Waals surface area contributed by atoms with Crippen LogP contribution in [-0.2, 0) is 14.4 Å².